The van der Waals surface area contributed by atoms with Crippen molar-refractivity contribution in [3.63, 3.8) is 0 Å². The third-order valence-electron chi connectivity index (χ3n) is 8.14. The lowest BCUT2D eigenvalue weighted by Gasteiger charge is -2.26. The summed E-state index contributed by atoms with van der Waals surface area (Å²) in [5.41, 5.74) is 10.3. The average molecular weight is 656 g/mol. The zero-order valence-corrected chi connectivity index (χ0v) is 28.6. The van der Waals surface area contributed by atoms with Crippen molar-refractivity contribution in [1.29, 1.82) is 0 Å². The Labute approximate surface area is 303 Å². The zero-order chi connectivity index (χ0) is 34.8. The van der Waals surface area contributed by atoms with Gasteiger partial charge in [-0.25, -0.2) is 0 Å². The molecule has 0 bridgehead atoms. The number of hydrogen-bond donors (Lipinski definition) is 0. The van der Waals surface area contributed by atoms with Crippen molar-refractivity contribution in [2.24, 2.45) is 0 Å². The van der Waals surface area contributed by atoms with Gasteiger partial charge in [-0.2, -0.15) is 0 Å². The molecule has 51 heavy (non-hydrogen) atoms. The predicted octanol–water partition coefficient (Wildman–Crippen LogP) is 13.9. The topological polar surface area (TPSA) is 3.24 Å². The fourth-order valence-electron chi connectivity index (χ4n) is 5.47. The van der Waals surface area contributed by atoms with E-state index < -0.39 is 0 Å². The highest BCUT2D eigenvalue weighted by Gasteiger charge is 2.12. The lowest BCUT2D eigenvalue weighted by atomic mass is 10.1. The Kier molecular flexibility index (Phi) is 12.6. The highest BCUT2D eigenvalue weighted by Crippen LogP contribution is 2.35. The van der Waals surface area contributed by atoms with Gasteiger partial charge in [-0.05, 0) is 69.8 Å². The van der Waals surface area contributed by atoms with Gasteiger partial charge in [0, 0.05) is 17.1 Å². The first-order valence-electron chi connectivity index (χ1n) is 17.3. The molecule has 1 heteroatoms. The largest absolute Gasteiger partial charge is 0.311 e. The molecule has 1 nitrogen and oxygen atoms in total. The van der Waals surface area contributed by atoms with Gasteiger partial charge in [-0.15, -0.1) is 0 Å². The number of allylic oxidation sites excluding steroid dienone is 8. The van der Waals surface area contributed by atoms with Crippen LogP contribution in [0.3, 0.4) is 0 Å². The van der Waals surface area contributed by atoms with E-state index in [9.17, 15) is 0 Å². The van der Waals surface area contributed by atoms with Crippen LogP contribution >= 0.6 is 0 Å². The molecular formula is C50H41N. The van der Waals surface area contributed by atoms with Crippen LogP contribution in [0.2, 0.25) is 0 Å². The van der Waals surface area contributed by atoms with E-state index in [0.717, 1.165) is 33.8 Å². The van der Waals surface area contributed by atoms with Crippen molar-refractivity contribution in [3.8, 4) is 0 Å². The number of anilines is 3. The van der Waals surface area contributed by atoms with E-state index in [0.29, 0.717) is 0 Å². The molecule has 0 fully saturated rings. The van der Waals surface area contributed by atoms with E-state index in [-0.39, 0.29) is 0 Å². The molecule has 6 aromatic carbocycles. The fourth-order valence-corrected chi connectivity index (χ4v) is 5.47. The van der Waals surface area contributed by atoms with Crippen LogP contribution in [0.1, 0.15) is 33.4 Å². The van der Waals surface area contributed by atoms with Crippen molar-refractivity contribution in [3.05, 3.63) is 246 Å². The molecule has 0 aliphatic rings. The highest BCUT2D eigenvalue weighted by molar-refractivity contribution is 5.78. The molecule has 0 aliphatic heterocycles. The van der Waals surface area contributed by atoms with Crippen LogP contribution in [0.5, 0.6) is 0 Å². The van der Waals surface area contributed by atoms with Gasteiger partial charge >= 0.3 is 0 Å². The Hall–Kier alpha value is -6.70. The van der Waals surface area contributed by atoms with Gasteiger partial charge in [0.2, 0.25) is 0 Å². The fraction of sp³-hybridized carbons (Fsp3) is 0. The minimum absolute atomic E-state index is 1.09. The molecule has 6 rings (SSSR count). The maximum absolute atomic E-state index is 2.30. The quantitative estimate of drug-likeness (QED) is 0.112. The van der Waals surface area contributed by atoms with Crippen LogP contribution < -0.4 is 4.90 Å². The SMILES string of the molecule is C(=C\C=C\c1ccc(N(c2ccc(/C=C/C=C/c3ccccc3)cc2)c2ccc(/C=C/C=C/c3ccccc3)cc2)cc1)/C=C/c1ccccc1. The molecule has 0 heterocycles. The van der Waals surface area contributed by atoms with Gasteiger partial charge in [0.1, 0.15) is 0 Å². The minimum atomic E-state index is 1.09. The summed E-state index contributed by atoms with van der Waals surface area (Å²) in [6.45, 7) is 0. The molecule has 0 radical (unpaired) electrons. The lowest BCUT2D eigenvalue weighted by Crippen LogP contribution is -2.09. The molecule has 6 aromatic rings. The Bertz CT molecular complexity index is 2020. The van der Waals surface area contributed by atoms with Crippen molar-refractivity contribution in [2.45, 2.75) is 0 Å². The van der Waals surface area contributed by atoms with Gasteiger partial charge < -0.3 is 4.90 Å². The Morgan fingerprint density at radius 3 is 0.686 bits per heavy atom. The maximum Gasteiger partial charge on any atom is 0.0462 e. The first-order chi connectivity index (χ1) is 25.3. The van der Waals surface area contributed by atoms with Crippen molar-refractivity contribution in [1.82, 2.24) is 0 Å². The normalized spacial score (nSPS) is 12.2. The summed E-state index contributed by atoms with van der Waals surface area (Å²) in [5.74, 6) is 0. The van der Waals surface area contributed by atoms with E-state index in [1.807, 2.05) is 30.3 Å². The smallest absolute Gasteiger partial charge is 0.0462 e. The minimum Gasteiger partial charge on any atom is -0.311 e. The molecular weight excluding hydrogens is 615 g/mol. The van der Waals surface area contributed by atoms with Crippen LogP contribution in [-0.4, -0.2) is 0 Å². The summed E-state index contributed by atoms with van der Waals surface area (Å²) >= 11 is 0. The van der Waals surface area contributed by atoms with Crippen LogP contribution in [0, 0.1) is 0 Å². The van der Waals surface area contributed by atoms with Gasteiger partial charge in [0.05, 0.1) is 0 Å². The molecule has 0 saturated carbocycles. The summed E-state index contributed by atoms with van der Waals surface area (Å²) < 4.78 is 0. The van der Waals surface area contributed by atoms with Crippen LogP contribution in [0.25, 0.3) is 36.5 Å². The van der Waals surface area contributed by atoms with Crippen LogP contribution in [0.4, 0.5) is 17.1 Å². The second-order valence-electron chi connectivity index (χ2n) is 11.9. The van der Waals surface area contributed by atoms with Gasteiger partial charge in [-0.1, -0.05) is 212 Å². The van der Waals surface area contributed by atoms with Gasteiger partial charge in [0.25, 0.3) is 0 Å². The molecule has 0 aromatic heterocycles. The summed E-state index contributed by atoms with van der Waals surface area (Å²) in [4.78, 5) is 2.30. The molecule has 0 spiro atoms. The van der Waals surface area contributed by atoms with E-state index in [2.05, 4.69) is 223 Å². The molecule has 0 unspecified atom stereocenters. The molecule has 0 atom stereocenters. The van der Waals surface area contributed by atoms with Crippen molar-refractivity contribution >= 4 is 53.5 Å². The van der Waals surface area contributed by atoms with E-state index in [4.69, 9.17) is 0 Å². The van der Waals surface area contributed by atoms with Gasteiger partial charge in [-0.3, -0.25) is 0 Å². The third-order valence-corrected chi connectivity index (χ3v) is 8.14. The first-order valence-corrected chi connectivity index (χ1v) is 17.3. The van der Waals surface area contributed by atoms with E-state index in [1.165, 1.54) is 16.7 Å². The molecule has 0 amide bonds. The number of benzene rings is 6. The Morgan fingerprint density at radius 1 is 0.216 bits per heavy atom. The third kappa shape index (κ3) is 10.9. The number of rotatable bonds is 13. The number of hydrogen-bond acceptors (Lipinski definition) is 1. The second kappa shape index (κ2) is 18.7. The molecule has 0 saturated heterocycles. The maximum atomic E-state index is 2.30. The summed E-state index contributed by atoms with van der Waals surface area (Å²) in [6.07, 6.45) is 29.3. The number of nitrogens with zero attached hydrogens (tertiary/aromatic N) is 1. The zero-order valence-electron chi connectivity index (χ0n) is 28.6. The molecule has 246 valence electrons. The predicted molar refractivity (Wildman–Crippen MR) is 224 cm³/mol. The van der Waals surface area contributed by atoms with Crippen LogP contribution in [-0.2, 0) is 0 Å². The summed E-state index contributed by atoms with van der Waals surface area (Å²) in [6, 6.07) is 57.1. The lowest BCUT2D eigenvalue weighted by molar-refractivity contribution is 1.28. The highest BCUT2D eigenvalue weighted by atomic mass is 15.1. The summed E-state index contributed by atoms with van der Waals surface area (Å²) in [5, 5.41) is 0. The van der Waals surface area contributed by atoms with Crippen molar-refractivity contribution < 1.29 is 0 Å². The summed E-state index contributed by atoms with van der Waals surface area (Å²) in [7, 11) is 0. The van der Waals surface area contributed by atoms with Gasteiger partial charge in [0.15, 0.2) is 0 Å². The second-order valence-corrected chi connectivity index (χ2v) is 11.9. The monoisotopic (exact) mass is 655 g/mol. The Morgan fingerprint density at radius 2 is 0.431 bits per heavy atom. The van der Waals surface area contributed by atoms with E-state index >= 15 is 0 Å². The average Bonchev–Trinajstić information content (AvgIpc) is 3.19. The molecule has 0 N–H and O–H groups in total. The Balaban J connectivity index is 1.18. The van der Waals surface area contributed by atoms with Crippen LogP contribution in [0.15, 0.2) is 212 Å². The first kappa shape index (κ1) is 34.2. The standard InChI is InChI=1S/C50H41N/c1(6-18-42-19-8-3-9-20-42)2-7-25-45-30-36-48(37-31-45)51(49-38-32-46(33-39-49)28-16-14-26-43-21-10-4-11-22-43)50-40-34-47(35-41-50)29-17-15-27-44-23-12-5-13-24-44/h1-41H/b2-1+,18-6+,25-7+,26-14+,27-15+,28-16+,29-17+. The molecule has 0 aliphatic carbocycles. The van der Waals surface area contributed by atoms with E-state index in [1.54, 1.807) is 0 Å². The van der Waals surface area contributed by atoms with Crippen molar-refractivity contribution in [2.75, 3.05) is 4.90 Å².